The Hall–Kier alpha value is -2.81. The van der Waals surface area contributed by atoms with Crippen molar-refractivity contribution in [2.24, 2.45) is 0 Å². The van der Waals surface area contributed by atoms with Crippen LogP contribution in [-0.4, -0.2) is 38.1 Å². The lowest BCUT2D eigenvalue weighted by atomic mass is 10.3. The average Bonchev–Trinajstić information content (AvgIpc) is 3.03. The quantitative estimate of drug-likeness (QED) is 0.483. The minimum absolute atomic E-state index is 0.122. The number of aryl methyl sites for hydroxylation is 2. The Labute approximate surface area is 166 Å². The molecule has 0 aliphatic carbocycles. The van der Waals surface area contributed by atoms with E-state index >= 15 is 0 Å². The van der Waals surface area contributed by atoms with E-state index in [0.29, 0.717) is 46.4 Å². The highest BCUT2D eigenvalue weighted by Gasteiger charge is 2.18. The Bertz CT molecular complexity index is 1070. The first-order valence-corrected chi connectivity index (χ1v) is 10.0. The number of carbonyl (C=O) groups excluding carboxylic acids is 1. The summed E-state index contributed by atoms with van der Waals surface area (Å²) in [5.41, 5.74) is 2.26. The fraction of sp³-hybridized carbons (Fsp3) is 0.368. The van der Waals surface area contributed by atoms with Crippen LogP contribution >= 0.6 is 11.8 Å². The summed E-state index contributed by atoms with van der Waals surface area (Å²) in [7, 11) is 1.55. The third-order valence-corrected chi connectivity index (χ3v) is 5.29. The van der Waals surface area contributed by atoms with Crippen LogP contribution in [-0.2, 0) is 17.9 Å². The van der Waals surface area contributed by atoms with Gasteiger partial charge in [-0.1, -0.05) is 23.9 Å². The first-order valence-electron chi connectivity index (χ1n) is 9.03. The third kappa shape index (κ3) is 3.75. The van der Waals surface area contributed by atoms with Gasteiger partial charge in [-0.25, -0.2) is 4.98 Å². The zero-order chi connectivity index (χ0) is 20.3. The molecule has 148 valence electrons. The van der Waals surface area contributed by atoms with Crippen LogP contribution in [0.4, 0.5) is 5.69 Å². The normalized spacial score (nSPS) is 11.0. The summed E-state index contributed by atoms with van der Waals surface area (Å²) in [4.78, 5) is 30.0. The zero-order valence-corrected chi connectivity index (χ0v) is 17.2. The number of carbonyl (C=O) groups is 1. The molecule has 1 aromatic carbocycles. The summed E-state index contributed by atoms with van der Waals surface area (Å²) in [5.74, 6) is 0.512. The highest BCUT2D eigenvalue weighted by Crippen LogP contribution is 2.24. The molecule has 0 unspecified atom stereocenters. The summed E-state index contributed by atoms with van der Waals surface area (Å²) in [5, 5.41) is 7.73. The minimum atomic E-state index is -0.201. The number of benzene rings is 1. The number of anilines is 1. The number of aromatic nitrogens is 4. The average molecular weight is 401 g/mol. The van der Waals surface area contributed by atoms with Crippen LogP contribution in [0.25, 0.3) is 11.0 Å². The molecule has 1 N–H and O–H groups in total. The molecule has 1 amide bonds. The van der Waals surface area contributed by atoms with Crippen molar-refractivity contribution < 1.29 is 9.53 Å². The van der Waals surface area contributed by atoms with Crippen molar-refractivity contribution >= 4 is 34.4 Å². The number of ether oxygens (including phenoxy) is 1. The monoisotopic (exact) mass is 401 g/mol. The Kier molecular flexibility index (Phi) is 6.03. The Morgan fingerprint density at radius 2 is 2.00 bits per heavy atom. The van der Waals surface area contributed by atoms with Gasteiger partial charge in [0.05, 0.1) is 24.2 Å². The molecule has 0 aliphatic heterocycles. The molecule has 0 fully saturated rings. The molecule has 0 atom stereocenters. The standard InChI is InChI=1S/C19H23N5O3S/c1-5-23-18(26)17-16(12(3)22-24(17)6-2)21-19(23)28-11-15(25)20-13-9-7-8-10-14(13)27-4/h7-10H,5-6,11H2,1-4H3,(H,20,25). The topological polar surface area (TPSA) is 91.0 Å². The molecule has 0 bridgehead atoms. The second kappa shape index (κ2) is 8.47. The maximum absolute atomic E-state index is 12.9. The van der Waals surface area contributed by atoms with E-state index in [9.17, 15) is 9.59 Å². The van der Waals surface area contributed by atoms with Crippen LogP contribution in [0, 0.1) is 6.92 Å². The molecule has 3 rings (SSSR count). The lowest BCUT2D eigenvalue weighted by Gasteiger charge is -2.12. The predicted molar refractivity (Wildman–Crippen MR) is 110 cm³/mol. The van der Waals surface area contributed by atoms with Gasteiger partial charge in [0.15, 0.2) is 10.7 Å². The number of nitrogens with zero attached hydrogens (tertiary/aromatic N) is 4. The van der Waals surface area contributed by atoms with Gasteiger partial charge in [-0.3, -0.25) is 18.8 Å². The number of hydrogen-bond acceptors (Lipinski definition) is 6. The molecule has 3 aromatic rings. The van der Waals surface area contributed by atoms with Crippen LogP contribution in [0.1, 0.15) is 19.5 Å². The van der Waals surface area contributed by atoms with Crippen molar-refractivity contribution in [3.05, 3.63) is 40.3 Å². The molecule has 0 radical (unpaired) electrons. The zero-order valence-electron chi connectivity index (χ0n) is 16.4. The second-order valence-electron chi connectivity index (χ2n) is 6.08. The van der Waals surface area contributed by atoms with Crippen molar-refractivity contribution in [2.75, 3.05) is 18.2 Å². The van der Waals surface area contributed by atoms with Gasteiger partial charge in [-0.2, -0.15) is 5.10 Å². The molecule has 9 heteroatoms. The van der Waals surface area contributed by atoms with E-state index in [-0.39, 0.29) is 17.2 Å². The molecule has 0 saturated carbocycles. The minimum Gasteiger partial charge on any atom is -0.495 e. The maximum Gasteiger partial charge on any atom is 0.280 e. The van der Waals surface area contributed by atoms with Crippen molar-refractivity contribution in [1.82, 2.24) is 19.3 Å². The fourth-order valence-electron chi connectivity index (χ4n) is 2.97. The van der Waals surface area contributed by atoms with Crippen LogP contribution in [0.2, 0.25) is 0 Å². The third-order valence-electron chi connectivity index (χ3n) is 4.31. The van der Waals surface area contributed by atoms with Gasteiger partial charge in [-0.15, -0.1) is 0 Å². The van der Waals surface area contributed by atoms with Crippen LogP contribution in [0.3, 0.4) is 0 Å². The molecule has 28 heavy (non-hydrogen) atoms. The first kappa shape index (κ1) is 19.9. The number of hydrogen-bond donors (Lipinski definition) is 1. The smallest absolute Gasteiger partial charge is 0.280 e. The van der Waals surface area contributed by atoms with Gasteiger partial charge >= 0.3 is 0 Å². The van der Waals surface area contributed by atoms with E-state index in [2.05, 4.69) is 15.4 Å². The van der Waals surface area contributed by atoms with Crippen molar-refractivity contribution in [2.45, 2.75) is 39.0 Å². The van der Waals surface area contributed by atoms with E-state index in [1.54, 1.807) is 28.5 Å². The predicted octanol–water partition coefficient (Wildman–Crippen LogP) is 2.68. The lowest BCUT2D eigenvalue weighted by Crippen LogP contribution is -2.25. The Morgan fingerprint density at radius 1 is 1.25 bits per heavy atom. The maximum atomic E-state index is 12.9. The first-order chi connectivity index (χ1) is 13.5. The van der Waals surface area contributed by atoms with E-state index < -0.39 is 0 Å². The molecule has 2 heterocycles. The van der Waals surface area contributed by atoms with E-state index in [4.69, 9.17) is 4.74 Å². The van der Waals surface area contributed by atoms with E-state index in [1.807, 2.05) is 32.9 Å². The number of fused-ring (bicyclic) bond motifs is 1. The number of para-hydroxylation sites is 2. The van der Waals surface area contributed by atoms with Gasteiger partial charge in [0.25, 0.3) is 5.56 Å². The Morgan fingerprint density at radius 3 is 2.68 bits per heavy atom. The van der Waals surface area contributed by atoms with Crippen molar-refractivity contribution in [1.29, 1.82) is 0 Å². The summed E-state index contributed by atoms with van der Waals surface area (Å²) in [6, 6.07) is 7.21. The van der Waals surface area contributed by atoms with E-state index in [0.717, 1.165) is 0 Å². The number of methoxy groups -OCH3 is 1. The lowest BCUT2D eigenvalue weighted by molar-refractivity contribution is -0.113. The number of thioether (sulfide) groups is 1. The van der Waals surface area contributed by atoms with Gasteiger partial charge < -0.3 is 10.1 Å². The molecule has 0 saturated heterocycles. The number of amides is 1. The van der Waals surface area contributed by atoms with E-state index in [1.165, 1.54) is 11.8 Å². The van der Waals surface area contributed by atoms with Crippen LogP contribution < -0.4 is 15.6 Å². The number of rotatable bonds is 7. The molecule has 2 aromatic heterocycles. The van der Waals surface area contributed by atoms with Crippen LogP contribution in [0.5, 0.6) is 5.75 Å². The van der Waals surface area contributed by atoms with Gasteiger partial charge in [0.2, 0.25) is 5.91 Å². The molecule has 8 nitrogen and oxygen atoms in total. The SMILES string of the molecule is CCn1c(SCC(=O)Nc2ccccc2OC)nc2c(C)nn(CC)c2c1=O. The highest BCUT2D eigenvalue weighted by molar-refractivity contribution is 7.99. The van der Waals surface area contributed by atoms with Crippen LogP contribution in [0.15, 0.2) is 34.2 Å². The van der Waals surface area contributed by atoms with Gasteiger partial charge in [0.1, 0.15) is 11.3 Å². The largest absolute Gasteiger partial charge is 0.495 e. The Balaban J connectivity index is 1.85. The summed E-state index contributed by atoms with van der Waals surface area (Å²) >= 11 is 1.23. The summed E-state index contributed by atoms with van der Waals surface area (Å²) in [6.07, 6.45) is 0. The molecular formula is C19H23N5O3S. The number of nitrogens with one attached hydrogen (secondary N) is 1. The van der Waals surface area contributed by atoms with Crippen molar-refractivity contribution in [3.8, 4) is 5.75 Å². The molecule has 0 spiro atoms. The summed E-state index contributed by atoms with van der Waals surface area (Å²) < 4.78 is 8.50. The highest BCUT2D eigenvalue weighted by atomic mass is 32.2. The fourth-order valence-corrected chi connectivity index (χ4v) is 3.83. The van der Waals surface area contributed by atoms with Gasteiger partial charge in [0, 0.05) is 13.1 Å². The molecule has 0 aliphatic rings. The van der Waals surface area contributed by atoms with Crippen molar-refractivity contribution in [3.63, 3.8) is 0 Å². The second-order valence-corrected chi connectivity index (χ2v) is 7.02. The van der Waals surface area contributed by atoms with Gasteiger partial charge in [-0.05, 0) is 32.9 Å². The summed E-state index contributed by atoms with van der Waals surface area (Å²) in [6.45, 7) is 6.71. The molecular weight excluding hydrogens is 378 g/mol.